The van der Waals surface area contributed by atoms with Gasteiger partial charge < -0.3 is 19.4 Å². The smallest absolute Gasteiger partial charge is 0.158 e. The Morgan fingerprint density at radius 3 is 1.75 bits per heavy atom. The molecule has 8 N–H and O–H groups in total. The maximum absolute atomic E-state index is 5.25. The van der Waals surface area contributed by atoms with E-state index in [1.54, 1.807) is 30.3 Å². The van der Waals surface area contributed by atoms with E-state index in [-0.39, 0.29) is 0 Å². The number of benzene rings is 2. The van der Waals surface area contributed by atoms with Gasteiger partial charge in [-0.1, -0.05) is 0 Å². The Kier molecular flexibility index (Phi) is 4.23. The normalized spacial score (nSPS) is 10.0. The minimum Gasteiger partial charge on any atom is -0.412 e. The van der Waals surface area contributed by atoms with Crippen LogP contribution in [-0.4, -0.2) is 0 Å². The topological polar surface area (TPSA) is 141 Å². The quantitative estimate of drug-likeness (QED) is 0.574. The Morgan fingerprint density at radius 2 is 1.15 bits per heavy atom. The molecule has 0 fully saturated rings. The van der Waals surface area contributed by atoms with Crippen molar-refractivity contribution in [3.05, 3.63) is 36.4 Å². The second kappa shape index (κ2) is 6.08. The summed E-state index contributed by atoms with van der Waals surface area (Å²) in [6.07, 6.45) is 0. The van der Waals surface area contributed by atoms with Gasteiger partial charge in [-0.25, -0.2) is 0 Å². The zero-order chi connectivity index (χ0) is 14.5. The number of rotatable bonds is 5. The van der Waals surface area contributed by atoms with E-state index in [4.69, 9.17) is 33.3 Å². The standard InChI is InChI=1S/C12H14N4O4/c13-17-7-2-4-11(19-15)10(5-7)9-3-1-8(18-14)6-12(9)20-16/h1-6H,13-16H2. The van der Waals surface area contributed by atoms with Crippen LogP contribution < -0.4 is 42.9 Å². The summed E-state index contributed by atoms with van der Waals surface area (Å²) >= 11 is 0. The zero-order valence-electron chi connectivity index (χ0n) is 10.4. The van der Waals surface area contributed by atoms with Crippen LogP contribution >= 0.6 is 0 Å². The summed E-state index contributed by atoms with van der Waals surface area (Å²) in [5.41, 5.74) is 1.19. The molecule has 8 heteroatoms. The van der Waals surface area contributed by atoms with Gasteiger partial charge in [0, 0.05) is 17.2 Å². The molecule has 0 aliphatic heterocycles. The van der Waals surface area contributed by atoms with Gasteiger partial charge in [-0.15, -0.1) is 0 Å². The molecule has 0 radical (unpaired) electrons. The summed E-state index contributed by atoms with van der Waals surface area (Å²) < 4.78 is 0. The van der Waals surface area contributed by atoms with E-state index < -0.39 is 0 Å². The summed E-state index contributed by atoms with van der Waals surface area (Å²) in [4.78, 5) is 18.9. The van der Waals surface area contributed by atoms with E-state index in [0.717, 1.165) is 0 Å². The summed E-state index contributed by atoms with van der Waals surface area (Å²) in [6.45, 7) is 0. The van der Waals surface area contributed by atoms with Crippen molar-refractivity contribution in [3.63, 3.8) is 0 Å². The van der Waals surface area contributed by atoms with Crippen LogP contribution in [0.1, 0.15) is 0 Å². The van der Waals surface area contributed by atoms with Gasteiger partial charge in [0.05, 0.1) is 0 Å². The molecule has 0 amide bonds. The van der Waals surface area contributed by atoms with Gasteiger partial charge >= 0.3 is 0 Å². The lowest BCUT2D eigenvalue weighted by Gasteiger charge is -2.13. The molecule has 0 bridgehead atoms. The molecule has 106 valence electrons. The summed E-state index contributed by atoms with van der Waals surface area (Å²) in [5.74, 6) is 22.2. The van der Waals surface area contributed by atoms with Crippen molar-refractivity contribution < 1.29 is 19.4 Å². The number of hydrogen-bond acceptors (Lipinski definition) is 8. The van der Waals surface area contributed by atoms with Crippen molar-refractivity contribution in [2.75, 3.05) is 0 Å². The van der Waals surface area contributed by atoms with Crippen LogP contribution in [0.4, 0.5) is 0 Å². The highest BCUT2D eigenvalue weighted by Crippen LogP contribution is 2.39. The third-order valence-corrected chi connectivity index (χ3v) is 2.72. The van der Waals surface area contributed by atoms with Gasteiger partial charge in [-0.05, 0) is 30.3 Å². The van der Waals surface area contributed by atoms with Crippen molar-refractivity contribution in [2.24, 2.45) is 23.6 Å². The van der Waals surface area contributed by atoms with Crippen LogP contribution in [-0.2, 0) is 0 Å². The van der Waals surface area contributed by atoms with Gasteiger partial charge in [0.2, 0.25) is 0 Å². The van der Waals surface area contributed by atoms with Gasteiger partial charge in [0.25, 0.3) is 0 Å². The minimum absolute atomic E-state index is 0.320. The second-order valence-electron chi connectivity index (χ2n) is 3.79. The summed E-state index contributed by atoms with van der Waals surface area (Å²) in [7, 11) is 0. The average Bonchev–Trinajstić information content (AvgIpc) is 2.53. The van der Waals surface area contributed by atoms with Crippen LogP contribution in [0.2, 0.25) is 0 Å². The second-order valence-corrected chi connectivity index (χ2v) is 3.79. The highest BCUT2D eigenvalue weighted by molar-refractivity contribution is 5.77. The first-order valence-corrected chi connectivity index (χ1v) is 5.49. The van der Waals surface area contributed by atoms with Gasteiger partial charge in [-0.2, -0.15) is 23.6 Å². The van der Waals surface area contributed by atoms with Crippen molar-refractivity contribution in [2.45, 2.75) is 0 Å². The van der Waals surface area contributed by atoms with Crippen molar-refractivity contribution >= 4 is 0 Å². The van der Waals surface area contributed by atoms with Crippen LogP contribution in [0.25, 0.3) is 11.1 Å². The Balaban J connectivity index is 2.60. The Bertz CT molecular complexity index is 606. The van der Waals surface area contributed by atoms with Gasteiger partial charge in [0.1, 0.15) is 5.75 Å². The van der Waals surface area contributed by atoms with E-state index in [0.29, 0.717) is 34.1 Å². The number of nitrogens with two attached hydrogens (primary N) is 4. The molecule has 0 aliphatic carbocycles. The van der Waals surface area contributed by atoms with Gasteiger partial charge in [0.15, 0.2) is 17.2 Å². The summed E-state index contributed by atoms with van der Waals surface area (Å²) in [6, 6.07) is 9.67. The molecular formula is C12H14N4O4. The molecule has 2 aromatic carbocycles. The fraction of sp³-hybridized carbons (Fsp3) is 0. The molecule has 0 unspecified atom stereocenters. The fourth-order valence-corrected chi connectivity index (χ4v) is 1.79. The van der Waals surface area contributed by atoms with Crippen molar-refractivity contribution in [1.82, 2.24) is 0 Å². The summed E-state index contributed by atoms with van der Waals surface area (Å²) in [5, 5.41) is 0. The van der Waals surface area contributed by atoms with Crippen LogP contribution in [0.15, 0.2) is 36.4 Å². The zero-order valence-corrected chi connectivity index (χ0v) is 10.4. The Labute approximate surface area is 114 Å². The molecule has 20 heavy (non-hydrogen) atoms. The van der Waals surface area contributed by atoms with Gasteiger partial charge in [-0.3, -0.25) is 0 Å². The molecule has 8 nitrogen and oxygen atoms in total. The highest BCUT2D eigenvalue weighted by Gasteiger charge is 2.14. The minimum atomic E-state index is 0.320. The molecule has 2 aromatic rings. The molecule has 0 saturated carbocycles. The van der Waals surface area contributed by atoms with Crippen molar-refractivity contribution in [1.29, 1.82) is 0 Å². The van der Waals surface area contributed by atoms with E-state index >= 15 is 0 Å². The molecule has 0 spiro atoms. The first kappa shape index (κ1) is 13.9. The first-order valence-electron chi connectivity index (χ1n) is 5.49. The fourth-order valence-electron chi connectivity index (χ4n) is 1.79. The van der Waals surface area contributed by atoms with E-state index in [1.165, 1.54) is 6.07 Å². The highest BCUT2D eigenvalue weighted by atomic mass is 16.6. The van der Waals surface area contributed by atoms with E-state index in [9.17, 15) is 0 Å². The third-order valence-electron chi connectivity index (χ3n) is 2.72. The third kappa shape index (κ3) is 2.58. The van der Waals surface area contributed by atoms with Crippen molar-refractivity contribution in [3.8, 4) is 34.1 Å². The molecule has 2 rings (SSSR count). The molecule has 0 aromatic heterocycles. The Morgan fingerprint density at radius 1 is 0.550 bits per heavy atom. The lowest BCUT2D eigenvalue weighted by atomic mass is 10.0. The first-order chi connectivity index (χ1) is 9.73. The van der Waals surface area contributed by atoms with E-state index in [2.05, 4.69) is 9.68 Å². The average molecular weight is 278 g/mol. The lowest BCUT2D eigenvalue weighted by Crippen LogP contribution is -2.08. The monoisotopic (exact) mass is 278 g/mol. The predicted molar refractivity (Wildman–Crippen MR) is 71.1 cm³/mol. The van der Waals surface area contributed by atoms with Crippen LogP contribution in [0.5, 0.6) is 23.0 Å². The Hall–Kier alpha value is -2.52. The van der Waals surface area contributed by atoms with Crippen LogP contribution in [0, 0.1) is 0 Å². The maximum Gasteiger partial charge on any atom is 0.158 e. The lowest BCUT2D eigenvalue weighted by molar-refractivity contribution is 0.316. The molecule has 0 atom stereocenters. The molecular weight excluding hydrogens is 264 g/mol. The molecule has 0 aliphatic rings. The van der Waals surface area contributed by atoms with Crippen LogP contribution in [0.3, 0.4) is 0 Å². The SMILES string of the molecule is NOc1ccc(-c2cc(ON)ccc2ON)c(ON)c1. The largest absolute Gasteiger partial charge is 0.412 e. The number of hydrogen-bond donors (Lipinski definition) is 4. The van der Waals surface area contributed by atoms with E-state index in [1.807, 2.05) is 0 Å². The maximum atomic E-state index is 5.25. The molecule has 0 saturated heterocycles. The predicted octanol–water partition coefficient (Wildman–Crippen LogP) is 0.364. The molecule has 0 heterocycles.